The number of carbonyl (C=O) groups excluding carboxylic acids is 1. The summed E-state index contributed by atoms with van der Waals surface area (Å²) < 4.78 is 5.21. The number of thioether (sulfide) groups is 1. The molecule has 128 valence electrons. The molecule has 3 heterocycles. The van der Waals surface area contributed by atoms with Crippen LogP contribution in [-0.2, 0) is 11.2 Å². The van der Waals surface area contributed by atoms with Gasteiger partial charge in [-0.3, -0.25) is 4.79 Å². The van der Waals surface area contributed by atoms with Gasteiger partial charge in [-0.25, -0.2) is 0 Å². The van der Waals surface area contributed by atoms with E-state index in [4.69, 9.17) is 4.52 Å². The fraction of sp³-hybridized carbons (Fsp3) is 0.765. The van der Waals surface area contributed by atoms with Crippen LogP contribution >= 0.6 is 11.8 Å². The van der Waals surface area contributed by atoms with Crippen LogP contribution in [-0.4, -0.2) is 64.6 Å². The highest BCUT2D eigenvalue weighted by Gasteiger charge is 2.29. The summed E-state index contributed by atoms with van der Waals surface area (Å²) in [5, 5.41) is 3.98. The molecule has 0 saturated carbocycles. The van der Waals surface area contributed by atoms with Crippen LogP contribution in [0.2, 0.25) is 0 Å². The fourth-order valence-corrected chi connectivity index (χ4v) is 4.64. The summed E-state index contributed by atoms with van der Waals surface area (Å²) in [7, 11) is 0. The Labute approximate surface area is 142 Å². The molecule has 0 aromatic carbocycles. The number of aromatic nitrogens is 1. The number of amides is 1. The first kappa shape index (κ1) is 16.8. The second-order valence-corrected chi connectivity index (χ2v) is 7.81. The van der Waals surface area contributed by atoms with Crippen molar-refractivity contribution in [3.63, 3.8) is 0 Å². The second-order valence-electron chi connectivity index (χ2n) is 6.66. The lowest BCUT2D eigenvalue weighted by molar-refractivity contribution is -0.132. The summed E-state index contributed by atoms with van der Waals surface area (Å²) >= 11 is 1.99. The van der Waals surface area contributed by atoms with E-state index in [1.54, 1.807) is 0 Å². The second kappa shape index (κ2) is 7.71. The Hall–Kier alpha value is -1.01. The van der Waals surface area contributed by atoms with Crippen LogP contribution in [0.5, 0.6) is 0 Å². The van der Waals surface area contributed by atoms with Crippen LogP contribution in [0.3, 0.4) is 0 Å². The van der Waals surface area contributed by atoms with Gasteiger partial charge in [0.15, 0.2) is 0 Å². The van der Waals surface area contributed by atoms with Gasteiger partial charge < -0.3 is 14.3 Å². The summed E-state index contributed by atoms with van der Waals surface area (Å²) in [6.45, 7) is 8.09. The number of hydrogen-bond donors (Lipinski definition) is 0. The summed E-state index contributed by atoms with van der Waals surface area (Å²) in [5.41, 5.74) is 1.81. The summed E-state index contributed by atoms with van der Waals surface area (Å²) in [6.07, 6.45) is 4.11. The zero-order chi connectivity index (χ0) is 16.2. The Morgan fingerprint density at radius 2 is 2.04 bits per heavy atom. The molecule has 2 fully saturated rings. The molecule has 2 aliphatic heterocycles. The quantitative estimate of drug-likeness (QED) is 0.843. The van der Waals surface area contributed by atoms with Gasteiger partial charge in [0.1, 0.15) is 5.76 Å². The molecule has 0 spiro atoms. The molecule has 1 aromatic heterocycles. The van der Waals surface area contributed by atoms with Crippen LogP contribution < -0.4 is 0 Å². The average Bonchev–Trinajstić information content (AvgIpc) is 3.07. The van der Waals surface area contributed by atoms with Gasteiger partial charge in [-0.15, -0.1) is 0 Å². The minimum atomic E-state index is 0.228. The Kier molecular flexibility index (Phi) is 5.64. The summed E-state index contributed by atoms with van der Waals surface area (Å²) in [6, 6.07) is 0.341. The molecule has 0 bridgehead atoms. The van der Waals surface area contributed by atoms with E-state index >= 15 is 0 Å². The number of rotatable bonds is 4. The van der Waals surface area contributed by atoms with Crippen LogP contribution in [0.25, 0.3) is 0 Å². The van der Waals surface area contributed by atoms with Crippen LogP contribution in [0.4, 0.5) is 0 Å². The van der Waals surface area contributed by atoms with E-state index in [0.717, 1.165) is 48.0 Å². The standard InChI is InChI=1S/C17H27N3O2S/c1-13-16(14(2)22-18-13)10-17(21)20-8-5-9-23-12-15(20)11-19-6-3-4-7-19/h15H,3-12H2,1-2H3/t15-/m0/s1. The normalized spacial score (nSPS) is 23.2. The topological polar surface area (TPSA) is 49.6 Å². The lowest BCUT2D eigenvalue weighted by Gasteiger charge is -2.32. The maximum atomic E-state index is 12.9. The van der Waals surface area contributed by atoms with Crippen molar-refractivity contribution in [2.75, 3.05) is 37.7 Å². The van der Waals surface area contributed by atoms with Crippen molar-refractivity contribution >= 4 is 17.7 Å². The van der Waals surface area contributed by atoms with Crippen molar-refractivity contribution < 1.29 is 9.32 Å². The van der Waals surface area contributed by atoms with E-state index < -0.39 is 0 Å². The molecule has 5 nitrogen and oxygen atoms in total. The lowest BCUT2D eigenvalue weighted by atomic mass is 10.1. The molecule has 0 radical (unpaired) electrons. The van der Waals surface area contributed by atoms with E-state index in [-0.39, 0.29) is 5.91 Å². The Morgan fingerprint density at radius 1 is 1.26 bits per heavy atom. The average molecular weight is 337 g/mol. The van der Waals surface area contributed by atoms with Crippen molar-refractivity contribution in [2.45, 2.75) is 45.6 Å². The Balaban J connectivity index is 1.69. The van der Waals surface area contributed by atoms with Gasteiger partial charge in [-0.05, 0) is 52.0 Å². The third-order valence-electron chi connectivity index (χ3n) is 4.94. The molecular formula is C17H27N3O2S. The minimum absolute atomic E-state index is 0.228. The molecule has 1 aromatic rings. The molecule has 0 N–H and O–H groups in total. The van der Waals surface area contributed by atoms with E-state index in [9.17, 15) is 4.79 Å². The van der Waals surface area contributed by atoms with E-state index in [0.29, 0.717) is 12.5 Å². The maximum Gasteiger partial charge on any atom is 0.227 e. The molecule has 0 aliphatic carbocycles. The lowest BCUT2D eigenvalue weighted by Crippen LogP contribution is -2.48. The zero-order valence-electron chi connectivity index (χ0n) is 14.2. The first-order chi connectivity index (χ1) is 11.1. The fourth-order valence-electron chi connectivity index (χ4n) is 3.58. The number of nitrogens with zero attached hydrogens (tertiary/aromatic N) is 3. The summed E-state index contributed by atoms with van der Waals surface area (Å²) in [4.78, 5) is 17.6. The monoisotopic (exact) mass is 337 g/mol. The minimum Gasteiger partial charge on any atom is -0.361 e. The van der Waals surface area contributed by atoms with E-state index in [1.165, 1.54) is 25.9 Å². The Morgan fingerprint density at radius 3 is 2.74 bits per heavy atom. The zero-order valence-corrected chi connectivity index (χ0v) is 15.0. The number of aryl methyl sites for hydroxylation is 2. The smallest absolute Gasteiger partial charge is 0.227 e. The van der Waals surface area contributed by atoms with Gasteiger partial charge in [-0.1, -0.05) is 5.16 Å². The third-order valence-corrected chi connectivity index (χ3v) is 6.13. The van der Waals surface area contributed by atoms with Gasteiger partial charge in [0, 0.05) is 24.4 Å². The molecule has 0 unspecified atom stereocenters. The van der Waals surface area contributed by atoms with Gasteiger partial charge in [-0.2, -0.15) is 11.8 Å². The summed E-state index contributed by atoms with van der Waals surface area (Å²) in [5.74, 6) is 3.22. The number of likely N-dealkylation sites (tertiary alicyclic amines) is 1. The first-order valence-corrected chi connectivity index (χ1v) is 9.82. The number of hydrogen-bond acceptors (Lipinski definition) is 5. The van der Waals surface area contributed by atoms with Crippen molar-refractivity contribution in [1.29, 1.82) is 0 Å². The molecule has 2 aliphatic rings. The molecule has 1 amide bonds. The molecule has 23 heavy (non-hydrogen) atoms. The largest absolute Gasteiger partial charge is 0.361 e. The molecule has 3 rings (SSSR count). The molecular weight excluding hydrogens is 310 g/mol. The highest BCUT2D eigenvalue weighted by Crippen LogP contribution is 2.21. The van der Waals surface area contributed by atoms with Gasteiger partial charge in [0.2, 0.25) is 5.91 Å². The van der Waals surface area contributed by atoms with Crippen LogP contribution in [0.1, 0.15) is 36.3 Å². The molecule has 6 heteroatoms. The van der Waals surface area contributed by atoms with E-state index in [2.05, 4.69) is 15.0 Å². The predicted molar refractivity (Wildman–Crippen MR) is 92.8 cm³/mol. The van der Waals surface area contributed by atoms with Crippen molar-refractivity contribution in [2.24, 2.45) is 0 Å². The van der Waals surface area contributed by atoms with E-state index in [1.807, 2.05) is 25.6 Å². The SMILES string of the molecule is Cc1noc(C)c1CC(=O)N1CCCSC[C@@H]1CN1CCCC1. The van der Waals surface area contributed by atoms with Crippen molar-refractivity contribution in [1.82, 2.24) is 15.0 Å². The Bertz CT molecular complexity index is 520. The van der Waals surface area contributed by atoms with Gasteiger partial charge in [0.05, 0.1) is 18.2 Å². The van der Waals surface area contributed by atoms with Gasteiger partial charge in [0.25, 0.3) is 0 Å². The highest BCUT2D eigenvalue weighted by atomic mass is 32.2. The highest BCUT2D eigenvalue weighted by molar-refractivity contribution is 7.99. The van der Waals surface area contributed by atoms with Crippen LogP contribution in [0, 0.1) is 13.8 Å². The first-order valence-electron chi connectivity index (χ1n) is 8.66. The number of carbonyl (C=O) groups is 1. The molecule has 1 atom stereocenters. The van der Waals surface area contributed by atoms with Crippen LogP contribution in [0.15, 0.2) is 4.52 Å². The van der Waals surface area contributed by atoms with Gasteiger partial charge >= 0.3 is 0 Å². The maximum absolute atomic E-state index is 12.9. The predicted octanol–water partition coefficient (Wildman–Crippen LogP) is 2.26. The van der Waals surface area contributed by atoms with Crippen molar-refractivity contribution in [3.05, 3.63) is 17.0 Å². The third kappa shape index (κ3) is 4.10. The molecule has 2 saturated heterocycles. The van der Waals surface area contributed by atoms with Crippen molar-refractivity contribution in [3.8, 4) is 0 Å².